The average molecular weight is 369 g/mol. The fourth-order valence-corrected chi connectivity index (χ4v) is 3.14. The number of amides is 2. The third-order valence-corrected chi connectivity index (χ3v) is 4.70. The molecule has 0 aliphatic carbocycles. The zero-order valence-corrected chi connectivity index (χ0v) is 15.2. The molecule has 2 aromatic rings. The highest BCUT2D eigenvalue weighted by atomic mass is 19.1. The average Bonchev–Trinajstić information content (AvgIpc) is 2.69. The van der Waals surface area contributed by atoms with E-state index >= 15 is 0 Å². The molecule has 1 aliphatic rings. The van der Waals surface area contributed by atoms with E-state index in [0.717, 1.165) is 19.6 Å². The van der Waals surface area contributed by atoms with Crippen LogP contribution in [0.4, 0.5) is 4.39 Å². The van der Waals surface area contributed by atoms with E-state index in [-0.39, 0.29) is 30.6 Å². The van der Waals surface area contributed by atoms with Crippen LogP contribution in [-0.2, 0) is 11.3 Å². The first-order valence-electron chi connectivity index (χ1n) is 9.19. The van der Waals surface area contributed by atoms with Gasteiger partial charge in [0.05, 0.1) is 0 Å². The van der Waals surface area contributed by atoms with Gasteiger partial charge in [-0.05, 0) is 29.8 Å². The molecule has 0 aromatic heterocycles. The number of nitrogens with one attached hydrogen (secondary N) is 1. The lowest BCUT2D eigenvalue weighted by Crippen LogP contribution is -2.48. The minimum Gasteiger partial charge on any atom is -0.352 e. The van der Waals surface area contributed by atoms with Crippen LogP contribution in [-0.4, -0.2) is 54.3 Å². The molecular weight excluding hydrogens is 345 g/mol. The maximum absolute atomic E-state index is 12.9. The molecule has 0 radical (unpaired) electrons. The van der Waals surface area contributed by atoms with E-state index in [1.165, 1.54) is 29.8 Å². The molecule has 1 aliphatic heterocycles. The van der Waals surface area contributed by atoms with Gasteiger partial charge in [-0.25, -0.2) is 4.39 Å². The zero-order valence-electron chi connectivity index (χ0n) is 15.2. The summed E-state index contributed by atoms with van der Waals surface area (Å²) >= 11 is 0. The van der Waals surface area contributed by atoms with Crippen LogP contribution in [0.15, 0.2) is 54.6 Å². The molecule has 5 nitrogen and oxygen atoms in total. The molecule has 0 bridgehead atoms. The number of carbonyl (C=O) groups excluding carboxylic acids is 2. The summed E-state index contributed by atoms with van der Waals surface area (Å²) < 4.78 is 12.9. The molecule has 1 fully saturated rings. The first-order valence-corrected chi connectivity index (χ1v) is 9.19. The number of piperazine rings is 1. The second kappa shape index (κ2) is 9.28. The Morgan fingerprint density at radius 2 is 1.59 bits per heavy atom. The maximum atomic E-state index is 12.9. The third kappa shape index (κ3) is 5.62. The van der Waals surface area contributed by atoms with Crippen LogP contribution in [0.1, 0.15) is 22.3 Å². The van der Waals surface area contributed by atoms with E-state index in [0.29, 0.717) is 18.7 Å². The number of rotatable bonds is 6. The lowest BCUT2D eigenvalue weighted by Gasteiger charge is -2.34. The Morgan fingerprint density at radius 3 is 2.26 bits per heavy atom. The second-order valence-electron chi connectivity index (χ2n) is 6.66. The Kier molecular flexibility index (Phi) is 6.54. The van der Waals surface area contributed by atoms with Gasteiger partial charge >= 0.3 is 0 Å². The van der Waals surface area contributed by atoms with Crippen molar-refractivity contribution in [3.8, 4) is 0 Å². The van der Waals surface area contributed by atoms with Crippen molar-refractivity contribution in [3.05, 3.63) is 71.5 Å². The molecule has 2 aromatic carbocycles. The van der Waals surface area contributed by atoms with Gasteiger partial charge in [0.15, 0.2) is 0 Å². The van der Waals surface area contributed by atoms with Gasteiger partial charge < -0.3 is 10.2 Å². The number of halogens is 1. The Balaban J connectivity index is 1.37. The smallest absolute Gasteiger partial charge is 0.251 e. The zero-order chi connectivity index (χ0) is 19.1. The molecule has 1 heterocycles. The standard InChI is InChI=1S/C21H24FN3O2/c22-19-8-6-18(7-9-19)21(27)23-11-10-20(26)25-14-12-24(13-15-25)16-17-4-2-1-3-5-17/h1-9H,10-16H2,(H,23,27). The topological polar surface area (TPSA) is 52.7 Å². The summed E-state index contributed by atoms with van der Waals surface area (Å²) in [6.07, 6.45) is 0.269. The van der Waals surface area contributed by atoms with Crippen LogP contribution in [0.2, 0.25) is 0 Å². The van der Waals surface area contributed by atoms with Gasteiger partial charge in [0.25, 0.3) is 5.91 Å². The number of nitrogens with zero attached hydrogens (tertiary/aromatic N) is 2. The maximum Gasteiger partial charge on any atom is 0.251 e. The first-order chi connectivity index (χ1) is 13.1. The van der Waals surface area contributed by atoms with Crippen molar-refractivity contribution in [3.63, 3.8) is 0 Å². The highest BCUT2D eigenvalue weighted by Crippen LogP contribution is 2.09. The Bertz CT molecular complexity index is 757. The van der Waals surface area contributed by atoms with Gasteiger partial charge in [-0.2, -0.15) is 0 Å². The molecule has 1 saturated heterocycles. The molecule has 0 spiro atoms. The van der Waals surface area contributed by atoms with E-state index in [4.69, 9.17) is 0 Å². The van der Waals surface area contributed by atoms with Crippen molar-refractivity contribution in [2.75, 3.05) is 32.7 Å². The van der Waals surface area contributed by atoms with Crippen molar-refractivity contribution in [1.82, 2.24) is 15.1 Å². The van der Waals surface area contributed by atoms with Crippen LogP contribution in [0.25, 0.3) is 0 Å². The molecule has 0 unspecified atom stereocenters. The summed E-state index contributed by atoms with van der Waals surface area (Å²) in [6.45, 7) is 4.29. The normalized spacial score (nSPS) is 14.8. The summed E-state index contributed by atoms with van der Waals surface area (Å²) in [6, 6.07) is 15.7. The van der Waals surface area contributed by atoms with E-state index < -0.39 is 0 Å². The predicted octanol–water partition coefficient (Wildman–Crippen LogP) is 2.29. The van der Waals surface area contributed by atoms with Gasteiger partial charge in [-0.3, -0.25) is 14.5 Å². The summed E-state index contributed by atoms with van der Waals surface area (Å²) in [5.74, 6) is -0.627. The molecule has 27 heavy (non-hydrogen) atoms. The van der Waals surface area contributed by atoms with Crippen molar-refractivity contribution in [2.24, 2.45) is 0 Å². The molecule has 142 valence electrons. The highest BCUT2D eigenvalue weighted by Gasteiger charge is 2.21. The van der Waals surface area contributed by atoms with E-state index in [1.807, 2.05) is 23.1 Å². The van der Waals surface area contributed by atoms with Gasteiger partial charge in [0.2, 0.25) is 5.91 Å². The predicted molar refractivity (Wildman–Crippen MR) is 102 cm³/mol. The number of carbonyl (C=O) groups is 2. The lowest BCUT2D eigenvalue weighted by atomic mass is 10.2. The van der Waals surface area contributed by atoms with Crippen LogP contribution in [0.5, 0.6) is 0 Å². The summed E-state index contributed by atoms with van der Waals surface area (Å²) in [7, 11) is 0. The second-order valence-corrected chi connectivity index (χ2v) is 6.66. The summed E-state index contributed by atoms with van der Waals surface area (Å²) in [5.41, 5.74) is 1.67. The molecule has 2 amide bonds. The van der Waals surface area contributed by atoms with Crippen LogP contribution >= 0.6 is 0 Å². The molecule has 0 saturated carbocycles. The number of hydrogen-bond acceptors (Lipinski definition) is 3. The van der Waals surface area contributed by atoms with Crippen LogP contribution in [0.3, 0.4) is 0 Å². The summed E-state index contributed by atoms with van der Waals surface area (Å²) in [5, 5.41) is 2.71. The van der Waals surface area contributed by atoms with Gasteiger partial charge in [-0.15, -0.1) is 0 Å². The van der Waals surface area contributed by atoms with E-state index in [9.17, 15) is 14.0 Å². The largest absolute Gasteiger partial charge is 0.352 e. The lowest BCUT2D eigenvalue weighted by molar-refractivity contribution is -0.132. The minimum absolute atomic E-state index is 0.0498. The van der Waals surface area contributed by atoms with E-state index in [2.05, 4.69) is 22.3 Å². The molecule has 6 heteroatoms. The number of benzene rings is 2. The van der Waals surface area contributed by atoms with Crippen molar-refractivity contribution in [2.45, 2.75) is 13.0 Å². The quantitative estimate of drug-likeness (QED) is 0.850. The Hall–Kier alpha value is -2.73. The molecule has 1 N–H and O–H groups in total. The van der Waals surface area contributed by atoms with Gasteiger partial charge in [0.1, 0.15) is 5.82 Å². The molecular formula is C21H24FN3O2. The monoisotopic (exact) mass is 369 g/mol. The molecule has 0 atom stereocenters. The van der Waals surface area contributed by atoms with Crippen molar-refractivity contribution in [1.29, 1.82) is 0 Å². The SMILES string of the molecule is O=C(NCCC(=O)N1CCN(Cc2ccccc2)CC1)c1ccc(F)cc1. The minimum atomic E-state index is -0.381. The van der Waals surface area contributed by atoms with Crippen LogP contribution < -0.4 is 5.32 Å². The van der Waals surface area contributed by atoms with Gasteiger partial charge in [-0.1, -0.05) is 30.3 Å². The fraction of sp³-hybridized carbons (Fsp3) is 0.333. The highest BCUT2D eigenvalue weighted by molar-refractivity contribution is 5.94. The Morgan fingerprint density at radius 1 is 0.926 bits per heavy atom. The third-order valence-electron chi connectivity index (χ3n) is 4.70. The summed E-state index contributed by atoms with van der Waals surface area (Å²) in [4.78, 5) is 28.5. The first kappa shape index (κ1) is 19.0. The van der Waals surface area contributed by atoms with Crippen molar-refractivity contribution >= 4 is 11.8 Å². The molecule has 3 rings (SSSR count). The van der Waals surface area contributed by atoms with Gasteiger partial charge in [0, 0.05) is 51.3 Å². The fourth-order valence-electron chi connectivity index (χ4n) is 3.14. The Labute approximate surface area is 158 Å². The number of hydrogen-bond donors (Lipinski definition) is 1. The van der Waals surface area contributed by atoms with Crippen molar-refractivity contribution < 1.29 is 14.0 Å². The van der Waals surface area contributed by atoms with E-state index in [1.54, 1.807) is 0 Å². The van der Waals surface area contributed by atoms with Crippen LogP contribution in [0, 0.1) is 5.82 Å².